The molecule has 14 heavy (non-hydrogen) atoms. The third-order valence-electron chi connectivity index (χ3n) is 2.42. The van der Waals surface area contributed by atoms with Gasteiger partial charge in [-0.3, -0.25) is 0 Å². The van der Waals surface area contributed by atoms with Crippen LogP contribution in [0.5, 0.6) is 0 Å². The highest BCUT2D eigenvalue weighted by molar-refractivity contribution is 5.21. The number of rotatable bonds is 6. The zero-order chi connectivity index (χ0) is 10.2. The van der Waals surface area contributed by atoms with Crippen molar-refractivity contribution in [1.82, 2.24) is 5.32 Å². The van der Waals surface area contributed by atoms with Gasteiger partial charge >= 0.3 is 0 Å². The van der Waals surface area contributed by atoms with Crippen molar-refractivity contribution in [2.45, 2.75) is 33.1 Å². The highest BCUT2D eigenvalue weighted by Gasteiger charge is 1.92. The van der Waals surface area contributed by atoms with Gasteiger partial charge in [0.1, 0.15) is 0 Å². The lowest BCUT2D eigenvalue weighted by Crippen LogP contribution is -2.18. The van der Waals surface area contributed by atoms with E-state index in [1.54, 1.807) is 0 Å². The van der Waals surface area contributed by atoms with E-state index in [1.807, 2.05) is 0 Å². The topological polar surface area (TPSA) is 12.0 Å². The van der Waals surface area contributed by atoms with Crippen LogP contribution < -0.4 is 5.32 Å². The molecule has 1 aromatic rings. The van der Waals surface area contributed by atoms with Crippen LogP contribution in [0.2, 0.25) is 0 Å². The zero-order valence-electron chi connectivity index (χ0n) is 9.34. The van der Waals surface area contributed by atoms with Crippen LogP contribution in [0.1, 0.15) is 30.9 Å². The monoisotopic (exact) mass is 191 g/mol. The van der Waals surface area contributed by atoms with Gasteiger partial charge in [0, 0.05) is 0 Å². The Balaban J connectivity index is 2.15. The predicted octanol–water partition coefficient (Wildman–Crippen LogP) is 2.93. The molecule has 0 atom stereocenters. The first-order valence-electron chi connectivity index (χ1n) is 5.59. The average molecular weight is 191 g/mol. The van der Waals surface area contributed by atoms with Crippen LogP contribution in [0.25, 0.3) is 0 Å². The van der Waals surface area contributed by atoms with Gasteiger partial charge in [-0.1, -0.05) is 43.2 Å². The molecule has 0 heterocycles. The largest absolute Gasteiger partial charge is 0.316 e. The van der Waals surface area contributed by atoms with Crippen molar-refractivity contribution in [3.8, 4) is 0 Å². The second-order valence-electron chi connectivity index (χ2n) is 3.84. The van der Waals surface area contributed by atoms with Gasteiger partial charge in [0.05, 0.1) is 0 Å². The van der Waals surface area contributed by atoms with Gasteiger partial charge in [0.25, 0.3) is 0 Å². The average Bonchev–Trinajstić information content (AvgIpc) is 2.21. The molecule has 0 amide bonds. The van der Waals surface area contributed by atoms with Crippen molar-refractivity contribution in [3.63, 3.8) is 0 Å². The van der Waals surface area contributed by atoms with Crippen molar-refractivity contribution >= 4 is 0 Å². The first kappa shape index (κ1) is 11.3. The van der Waals surface area contributed by atoms with Crippen molar-refractivity contribution in [1.29, 1.82) is 0 Å². The summed E-state index contributed by atoms with van der Waals surface area (Å²) in [6.45, 7) is 6.61. The second-order valence-corrected chi connectivity index (χ2v) is 3.84. The van der Waals surface area contributed by atoms with Crippen molar-refractivity contribution in [2.75, 3.05) is 13.1 Å². The van der Waals surface area contributed by atoms with Crippen LogP contribution in [0, 0.1) is 6.92 Å². The molecule has 0 fully saturated rings. The highest BCUT2D eigenvalue weighted by Crippen LogP contribution is 2.02. The molecular formula is C13H21N. The molecule has 1 N–H and O–H groups in total. The summed E-state index contributed by atoms with van der Waals surface area (Å²) in [6, 6.07) is 8.80. The molecule has 1 nitrogen and oxygen atoms in total. The summed E-state index contributed by atoms with van der Waals surface area (Å²) >= 11 is 0. The molecule has 78 valence electrons. The molecule has 0 spiro atoms. The van der Waals surface area contributed by atoms with E-state index in [2.05, 4.69) is 43.4 Å². The second kappa shape index (κ2) is 6.61. The van der Waals surface area contributed by atoms with E-state index in [0.717, 1.165) is 19.5 Å². The van der Waals surface area contributed by atoms with Crippen LogP contribution in [0.3, 0.4) is 0 Å². The maximum absolute atomic E-state index is 3.45. The van der Waals surface area contributed by atoms with Crippen LogP contribution in [-0.2, 0) is 6.42 Å². The first-order chi connectivity index (χ1) is 6.83. The molecule has 0 aliphatic rings. The summed E-state index contributed by atoms with van der Waals surface area (Å²) in [6.07, 6.45) is 3.70. The molecule has 0 aromatic heterocycles. The lowest BCUT2D eigenvalue weighted by Gasteiger charge is -2.04. The number of aryl methyl sites for hydroxylation is 1. The van der Waals surface area contributed by atoms with E-state index in [9.17, 15) is 0 Å². The van der Waals surface area contributed by atoms with E-state index >= 15 is 0 Å². The normalized spacial score (nSPS) is 10.4. The molecule has 0 unspecified atom stereocenters. The van der Waals surface area contributed by atoms with E-state index in [4.69, 9.17) is 0 Å². The summed E-state index contributed by atoms with van der Waals surface area (Å²) in [4.78, 5) is 0. The molecule has 0 bridgehead atoms. The van der Waals surface area contributed by atoms with Gasteiger partial charge in [-0.05, 0) is 38.4 Å². The minimum Gasteiger partial charge on any atom is -0.316 e. The fourth-order valence-corrected chi connectivity index (χ4v) is 1.41. The molecule has 0 saturated carbocycles. The molecule has 1 aromatic carbocycles. The lowest BCUT2D eigenvalue weighted by molar-refractivity contribution is 0.640. The van der Waals surface area contributed by atoms with Gasteiger partial charge in [-0.25, -0.2) is 0 Å². The summed E-state index contributed by atoms with van der Waals surface area (Å²) < 4.78 is 0. The molecule has 0 aliphatic heterocycles. The Bertz CT molecular complexity index is 238. The maximum Gasteiger partial charge on any atom is -0.000835 e. The Morgan fingerprint density at radius 1 is 1.07 bits per heavy atom. The SMILES string of the molecule is CCCCNCCc1ccc(C)cc1. The van der Waals surface area contributed by atoms with Crippen LogP contribution in [0.15, 0.2) is 24.3 Å². The van der Waals surface area contributed by atoms with E-state index in [-0.39, 0.29) is 0 Å². The molecular weight excluding hydrogens is 170 g/mol. The van der Waals surface area contributed by atoms with Gasteiger partial charge in [0.2, 0.25) is 0 Å². The summed E-state index contributed by atoms with van der Waals surface area (Å²) in [7, 11) is 0. The van der Waals surface area contributed by atoms with Crippen molar-refractivity contribution < 1.29 is 0 Å². The molecule has 0 saturated heterocycles. The van der Waals surface area contributed by atoms with Crippen LogP contribution in [0.4, 0.5) is 0 Å². The summed E-state index contributed by atoms with van der Waals surface area (Å²) in [5, 5.41) is 3.45. The molecule has 1 heteroatoms. The van der Waals surface area contributed by atoms with Gasteiger partial charge in [0.15, 0.2) is 0 Å². The number of unbranched alkanes of at least 4 members (excludes halogenated alkanes) is 1. The van der Waals surface area contributed by atoms with E-state index in [0.29, 0.717) is 0 Å². The fraction of sp³-hybridized carbons (Fsp3) is 0.538. The zero-order valence-corrected chi connectivity index (χ0v) is 9.34. The van der Waals surface area contributed by atoms with Crippen molar-refractivity contribution in [2.24, 2.45) is 0 Å². The Kier molecular flexibility index (Phi) is 5.31. The quantitative estimate of drug-likeness (QED) is 0.682. The van der Waals surface area contributed by atoms with Gasteiger partial charge in [-0.15, -0.1) is 0 Å². The number of hydrogen-bond acceptors (Lipinski definition) is 1. The van der Waals surface area contributed by atoms with Crippen molar-refractivity contribution in [3.05, 3.63) is 35.4 Å². The van der Waals surface area contributed by atoms with Gasteiger partial charge in [-0.2, -0.15) is 0 Å². The van der Waals surface area contributed by atoms with E-state index in [1.165, 1.54) is 24.0 Å². The minimum atomic E-state index is 1.10. The molecule has 0 aliphatic carbocycles. The smallest absolute Gasteiger partial charge is 0.000835 e. The third-order valence-corrected chi connectivity index (χ3v) is 2.42. The third kappa shape index (κ3) is 4.43. The summed E-state index contributed by atoms with van der Waals surface area (Å²) in [5.41, 5.74) is 2.77. The number of hydrogen-bond donors (Lipinski definition) is 1. The van der Waals surface area contributed by atoms with Gasteiger partial charge < -0.3 is 5.32 Å². The minimum absolute atomic E-state index is 1.10. The maximum atomic E-state index is 3.45. The number of nitrogens with one attached hydrogen (secondary N) is 1. The van der Waals surface area contributed by atoms with Crippen LogP contribution in [-0.4, -0.2) is 13.1 Å². The summed E-state index contributed by atoms with van der Waals surface area (Å²) in [5.74, 6) is 0. The first-order valence-corrected chi connectivity index (χ1v) is 5.59. The fourth-order valence-electron chi connectivity index (χ4n) is 1.41. The Morgan fingerprint density at radius 3 is 2.43 bits per heavy atom. The lowest BCUT2D eigenvalue weighted by atomic mass is 10.1. The number of benzene rings is 1. The molecule has 1 rings (SSSR count). The Labute approximate surface area is 87.5 Å². The standard InChI is InChI=1S/C13H21N/c1-3-4-10-14-11-9-13-7-5-12(2)6-8-13/h5-8,14H,3-4,9-11H2,1-2H3. The van der Waals surface area contributed by atoms with Crippen LogP contribution >= 0.6 is 0 Å². The molecule has 0 radical (unpaired) electrons. The van der Waals surface area contributed by atoms with E-state index < -0.39 is 0 Å². The predicted molar refractivity (Wildman–Crippen MR) is 62.7 cm³/mol. The Morgan fingerprint density at radius 2 is 1.79 bits per heavy atom. The Hall–Kier alpha value is -0.820. The highest BCUT2D eigenvalue weighted by atomic mass is 14.8.